The number of nitrogens with zero attached hydrogens (tertiary/aromatic N) is 2. The van der Waals surface area contributed by atoms with E-state index in [1.165, 1.54) is 21.2 Å². The predicted molar refractivity (Wildman–Crippen MR) is 79.0 cm³/mol. The molecule has 0 saturated heterocycles. The third-order valence-electron chi connectivity index (χ3n) is 3.68. The maximum absolute atomic E-state index is 12.5. The van der Waals surface area contributed by atoms with Crippen LogP contribution in [0.1, 0.15) is 24.0 Å². The molecule has 0 radical (unpaired) electrons. The van der Waals surface area contributed by atoms with Crippen LogP contribution in [0.25, 0.3) is 0 Å². The highest BCUT2D eigenvalue weighted by Gasteiger charge is 2.29. The van der Waals surface area contributed by atoms with Gasteiger partial charge < -0.3 is 5.11 Å². The van der Waals surface area contributed by atoms with E-state index in [1.807, 2.05) is 24.3 Å². The Balaban J connectivity index is 2.02. The van der Waals surface area contributed by atoms with Crippen LogP contribution in [0.4, 0.5) is 0 Å². The summed E-state index contributed by atoms with van der Waals surface area (Å²) >= 11 is 0. The minimum Gasteiger partial charge on any atom is -0.481 e. The maximum atomic E-state index is 12.5. The number of carboxylic acid groups (broad SMARTS) is 1. The Labute approximate surface area is 125 Å². The second-order valence-corrected chi connectivity index (χ2v) is 7.21. The van der Waals surface area contributed by atoms with E-state index >= 15 is 0 Å². The molecular weight excluding hydrogens is 292 g/mol. The van der Waals surface area contributed by atoms with Crippen LogP contribution in [-0.4, -0.2) is 48.2 Å². The molecule has 2 rings (SSSR count). The van der Waals surface area contributed by atoms with Gasteiger partial charge in [-0.1, -0.05) is 24.3 Å². The zero-order valence-electron chi connectivity index (χ0n) is 12.0. The first-order valence-corrected chi connectivity index (χ1v) is 8.31. The lowest BCUT2D eigenvalue weighted by molar-refractivity contribution is -0.137. The molecule has 0 spiro atoms. The van der Waals surface area contributed by atoms with Gasteiger partial charge in [0, 0.05) is 33.1 Å². The lowest BCUT2D eigenvalue weighted by Crippen LogP contribution is -2.44. The Kier molecular flexibility index (Phi) is 4.97. The smallest absolute Gasteiger partial charge is 0.303 e. The molecule has 0 amide bonds. The van der Waals surface area contributed by atoms with Crippen LogP contribution in [0.3, 0.4) is 0 Å². The summed E-state index contributed by atoms with van der Waals surface area (Å²) in [5.41, 5.74) is 2.23. The largest absolute Gasteiger partial charge is 0.481 e. The molecule has 0 aromatic heterocycles. The van der Waals surface area contributed by atoms with Gasteiger partial charge in [0.25, 0.3) is 10.2 Å². The van der Waals surface area contributed by atoms with E-state index in [0.29, 0.717) is 25.9 Å². The first-order chi connectivity index (χ1) is 9.91. The van der Waals surface area contributed by atoms with Crippen LogP contribution in [-0.2, 0) is 28.0 Å². The lowest BCUT2D eigenvalue weighted by Gasteiger charge is -2.31. The van der Waals surface area contributed by atoms with Crippen LogP contribution in [0.2, 0.25) is 0 Å². The highest BCUT2D eigenvalue weighted by Crippen LogP contribution is 2.22. The zero-order valence-corrected chi connectivity index (χ0v) is 12.8. The number of hydrogen-bond donors (Lipinski definition) is 1. The fourth-order valence-corrected chi connectivity index (χ4v) is 3.81. The summed E-state index contributed by atoms with van der Waals surface area (Å²) in [5.74, 6) is -0.910. The van der Waals surface area contributed by atoms with Crippen LogP contribution < -0.4 is 0 Å². The predicted octanol–water partition coefficient (Wildman–Crippen LogP) is 1.09. The Morgan fingerprint density at radius 1 is 1.33 bits per heavy atom. The van der Waals surface area contributed by atoms with E-state index in [2.05, 4.69) is 0 Å². The molecule has 21 heavy (non-hydrogen) atoms. The Morgan fingerprint density at radius 3 is 2.67 bits per heavy atom. The number of carbonyl (C=O) groups is 1. The van der Waals surface area contributed by atoms with Gasteiger partial charge in [0.05, 0.1) is 0 Å². The topological polar surface area (TPSA) is 77.9 Å². The zero-order chi connectivity index (χ0) is 15.5. The van der Waals surface area contributed by atoms with Crippen molar-refractivity contribution in [3.63, 3.8) is 0 Å². The molecule has 0 unspecified atom stereocenters. The summed E-state index contributed by atoms with van der Waals surface area (Å²) in [5, 5.41) is 8.61. The molecule has 0 bridgehead atoms. The minimum atomic E-state index is -3.53. The Morgan fingerprint density at radius 2 is 2.00 bits per heavy atom. The van der Waals surface area contributed by atoms with E-state index in [-0.39, 0.29) is 13.0 Å². The van der Waals surface area contributed by atoms with Crippen LogP contribution in [0.5, 0.6) is 0 Å². The summed E-state index contributed by atoms with van der Waals surface area (Å²) in [4.78, 5) is 10.5. The summed E-state index contributed by atoms with van der Waals surface area (Å²) in [6.07, 6.45) is 0.997. The number of fused-ring (bicyclic) bond motifs is 1. The SMILES string of the molecule is CN(CCCC(=O)O)S(=O)(=O)N1CCc2ccccc2C1. The maximum Gasteiger partial charge on any atom is 0.303 e. The number of benzene rings is 1. The van der Waals surface area contributed by atoms with Gasteiger partial charge in [-0.25, -0.2) is 0 Å². The second-order valence-electron chi connectivity index (χ2n) is 5.18. The molecule has 1 aliphatic heterocycles. The van der Waals surface area contributed by atoms with Gasteiger partial charge in [0.15, 0.2) is 0 Å². The molecule has 0 aliphatic carbocycles. The molecule has 0 atom stereocenters. The first-order valence-electron chi connectivity index (χ1n) is 6.91. The summed E-state index contributed by atoms with van der Waals surface area (Å²) < 4.78 is 27.6. The fourth-order valence-electron chi connectivity index (χ4n) is 2.43. The van der Waals surface area contributed by atoms with Crippen molar-refractivity contribution in [1.82, 2.24) is 8.61 Å². The van der Waals surface area contributed by atoms with Gasteiger partial charge >= 0.3 is 5.97 Å². The average Bonchev–Trinajstić information content (AvgIpc) is 2.46. The van der Waals surface area contributed by atoms with Crippen molar-refractivity contribution in [2.45, 2.75) is 25.8 Å². The van der Waals surface area contributed by atoms with E-state index in [9.17, 15) is 13.2 Å². The normalized spacial score (nSPS) is 15.9. The highest BCUT2D eigenvalue weighted by molar-refractivity contribution is 7.86. The molecule has 1 N–H and O–H groups in total. The number of aliphatic carboxylic acids is 1. The van der Waals surface area contributed by atoms with Gasteiger partial charge in [-0.3, -0.25) is 4.79 Å². The van der Waals surface area contributed by atoms with Gasteiger partial charge in [-0.2, -0.15) is 17.0 Å². The fraction of sp³-hybridized carbons (Fsp3) is 0.500. The van der Waals surface area contributed by atoms with Crippen molar-refractivity contribution >= 4 is 16.2 Å². The molecule has 0 fully saturated rings. The van der Waals surface area contributed by atoms with Gasteiger partial charge in [0.2, 0.25) is 0 Å². The summed E-state index contributed by atoms with van der Waals surface area (Å²) in [7, 11) is -2.03. The quantitative estimate of drug-likeness (QED) is 0.853. The molecule has 7 heteroatoms. The van der Waals surface area contributed by atoms with Crippen molar-refractivity contribution in [2.24, 2.45) is 0 Å². The van der Waals surface area contributed by atoms with Crippen LogP contribution >= 0.6 is 0 Å². The van der Waals surface area contributed by atoms with Gasteiger partial charge in [-0.05, 0) is 24.0 Å². The average molecular weight is 312 g/mol. The van der Waals surface area contributed by atoms with Crippen molar-refractivity contribution in [3.8, 4) is 0 Å². The number of carboxylic acids is 1. The molecule has 0 saturated carbocycles. The van der Waals surface area contributed by atoms with Crippen molar-refractivity contribution in [3.05, 3.63) is 35.4 Å². The van der Waals surface area contributed by atoms with Crippen LogP contribution in [0.15, 0.2) is 24.3 Å². The third-order valence-corrected chi connectivity index (χ3v) is 5.61. The van der Waals surface area contributed by atoms with Gasteiger partial charge in [-0.15, -0.1) is 0 Å². The highest BCUT2D eigenvalue weighted by atomic mass is 32.2. The molecule has 1 aromatic carbocycles. The molecular formula is C14H20N2O4S. The Bertz CT molecular complexity index is 615. The first kappa shape index (κ1) is 15.9. The van der Waals surface area contributed by atoms with E-state index in [1.54, 1.807) is 0 Å². The summed E-state index contributed by atoms with van der Waals surface area (Å²) in [6.45, 7) is 1.05. The van der Waals surface area contributed by atoms with E-state index in [0.717, 1.165) is 5.56 Å². The monoisotopic (exact) mass is 312 g/mol. The van der Waals surface area contributed by atoms with Crippen LogP contribution in [0, 0.1) is 0 Å². The lowest BCUT2D eigenvalue weighted by atomic mass is 10.0. The second kappa shape index (κ2) is 6.55. The molecule has 6 nitrogen and oxygen atoms in total. The Hall–Kier alpha value is -1.44. The van der Waals surface area contributed by atoms with E-state index in [4.69, 9.17) is 5.11 Å². The molecule has 1 aromatic rings. The minimum absolute atomic E-state index is 0.0251. The summed E-state index contributed by atoms with van der Waals surface area (Å²) in [6, 6.07) is 7.84. The molecule has 1 heterocycles. The number of hydrogen-bond acceptors (Lipinski definition) is 3. The number of rotatable bonds is 6. The van der Waals surface area contributed by atoms with Crippen molar-refractivity contribution < 1.29 is 18.3 Å². The van der Waals surface area contributed by atoms with E-state index < -0.39 is 16.2 Å². The van der Waals surface area contributed by atoms with Crippen molar-refractivity contribution in [1.29, 1.82) is 0 Å². The standard InChI is InChI=1S/C14H20N2O4S/c1-15(9-4-7-14(17)18)21(19,20)16-10-8-12-5-2-3-6-13(12)11-16/h2-3,5-6H,4,7-11H2,1H3,(H,17,18). The molecule has 1 aliphatic rings. The van der Waals surface area contributed by atoms with Crippen molar-refractivity contribution in [2.75, 3.05) is 20.1 Å². The van der Waals surface area contributed by atoms with Gasteiger partial charge in [0.1, 0.15) is 0 Å². The third kappa shape index (κ3) is 3.81. The molecule has 116 valence electrons.